The quantitative estimate of drug-likeness (QED) is 0.621. The third-order valence-corrected chi connectivity index (χ3v) is 6.00. The fourth-order valence-electron chi connectivity index (χ4n) is 4.61. The van der Waals surface area contributed by atoms with Gasteiger partial charge in [-0.05, 0) is 37.0 Å². The Morgan fingerprint density at radius 2 is 1.88 bits per heavy atom. The van der Waals surface area contributed by atoms with Crippen LogP contribution in [0.5, 0.6) is 0 Å². The van der Waals surface area contributed by atoms with Crippen molar-refractivity contribution in [3.8, 4) is 5.69 Å². The lowest BCUT2D eigenvalue weighted by Gasteiger charge is -2.34. The van der Waals surface area contributed by atoms with Crippen LogP contribution in [0.4, 0.5) is 23.4 Å². The van der Waals surface area contributed by atoms with Crippen LogP contribution in [-0.4, -0.2) is 49.4 Å². The molecule has 0 radical (unpaired) electrons. The van der Waals surface area contributed by atoms with Gasteiger partial charge in [0.25, 0.3) is 5.91 Å². The Balaban J connectivity index is 1.37. The van der Waals surface area contributed by atoms with E-state index in [1.807, 2.05) is 0 Å². The average Bonchev–Trinajstić information content (AvgIpc) is 3.51. The van der Waals surface area contributed by atoms with Crippen LogP contribution in [0.15, 0.2) is 48.9 Å². The maximum Gasteiger partial charge on any atom is 0.417 e. The first-order valence-electron chi connectivity index (χ1n) is 10.1. The molecule has 1 aliphatic heterocycles. The van der Waals surface area contributed by atoms with Crippen molar-refractivity contribution in [1.29, 1.82) is 0 Å². The Morgan fingerprint density at radius 1 is 1.12 bits per heavy atom. The van der Waals surface area contributed by atoms with E-state index in [0.29, 0.717) is 36.5 Å². The second kappa shape index (κ2) is 7.57. The molecule has 1 amide bonds. The molecule has 3 heterocycles. The topological polar surface area (TPSA) is 75.9 Å². The molecular weight excluding hydrogens is 428 g/mol. The second-order valence-corrected chi connectivity index (χ2v) is 8.00. The Kier molecular flexibility index (Phi) is 4.83. The molecule has 1 N–H and O–H groups in total. The number of carbonyl (C=O) groups excluding carboxylic acids is 1. The number of nitrogens with one attached hydrogen (secondary N) is 1. The van der Waals surface area contributed by atoms with Gasteiger partial charge in [0.1, 0.15) is 0 Å². The molecule has 0 spiro atoms. The van der Waals surface area contributed by atoms with E-state index in [2.05, 4.69) is 20.5 Å². The van der Waals surface area contributed by atoms with Crippen molar-refractivity contribution in [3.63, 3.8) is 0 Å². The number of hydrogen-bond donors (Lipinski definition) is 1. The van der Waals surface area contributed by atoms with Gasteiger partial charge >= 0.3 is 6.18 Å². The van der Waals surface area contributed by atoms with Crippen LogP contribution in [-0.2, 0) is 6.18 Å². The number of hydrogen-bond acceptors (Lipinski definition) is 5. The van der Waals surface area contributed by atoms with Gasteiger partial charge in [-0.2, -0.15) is 28.2 Å². The third-order valence-electron chi connectivity index (χ3n) is 6.00. The predicted molar refractivity (Wildman–Crippen MR) is 106 cm³/mol. The first-order chi connectivity index (χ1) is 15.3. The molecule has 2 aromatic heterocycles. The van der Waals surface area contributed by atoms with Crippen molar-refractivity contribution < 1.29 is 22.4 Å². The Morgan fingerprint density at radius 3 is 2.56 bits per heavy atom. The summed E-state index contributed by atoms with van der Waals surface area (Å²) in [4.78, 5) is 20.1. The van der Waals surface area contributed by atoms with E-state index >= 15 is 0 Å². The van der Waals surface area contributed by atoms with Gasteiger partial charge in [0.2, 0.25) is 0 Å². The smallest absolute Gasteiger partial charge is 0.363 e. The number of para-hydroxylation sites is 1. The summed E-state index contributed by atoms with van der Waals surface area (Å²) in [6.45, 7) is 0.561. The molecule has 3 atom stereocenters. The highest BCUT2D eigenvalue weighted by molar-refractivity contribution is 5.98. The highest BCUT2D eigenvalue weighted by atomic mass is 19.4. The largest absolute Gasteiger partial charge is 0.417 e. The molecule has 3 aromatic rings. The number of likely N-dealkylation sites (tertiary alicyclic amines) is 1. The number of nitrogens with zero attached hydrogens (tertiary/aromatic N) is 5. The van der Waals surface area contributed by atoms with Gasteiger partial charge in [0, 0.05) is 18.8 Å². The zero-order valence-corrected chi connectivity index (χ0v) is 16.6. The summed E-state index contributed by atoms with van der Waals surface area (Å²) >= 11 is 0. The van der Waals surface area contributed by atoms with E-state index in [4.69, 9.17) is 0 Å². The van der Waals surface area contributed by atoms with Crippen LogP contribution in [0.2, 0.25) is 0 Å². The summed E-state index contributed by atoms with van der Waals surface area (Å²) in [5.41, 5.74) is -0.159. The molecule has 11 heteroatoms. The van der Waals surface area contributed by atoms with Crippen LogP contribution in [0, 0.1) is 11.7 Å². The number of rotatable bonds is 4. The van der Waals surface area contributed by atoms with Crippen molar-refractivity contribution in [3.05, 3.63) is 65.9 Å². The van der Waals surface area contributed by atoms with Crippen molar-refractivity contribution in [2.24, 2.45) is 5.92 Å². The molecule has 1 aliphatic carbocycles. The summed E-state index contributed by atoms with van der Waals surface area (Å²) in [5, 5.41) is 11.1. The summed E-state index contributed by atoms with van der Waals surface area (Å²) in [5.74, 6) is -1.30. The molecule has 2 fully saturated rings. The lowest BCUT2D eigenvalue weighted by atomic mass is 10.0. The molecule has 1 saturated heterocycles. The normalized spacial score (nSPS) is 22.4. The van der Waals surface area contributed by atoms with E-state index in [1.54, 1.807) is 29.2 Å². The Bertz CT molecular complexity index is 1150. The van der Waals surface area contributed by atoms with E-state index in [0.717, 1.165) is 6.42 Å². The number of carbonyl (C=O) groups is 1. The first-order valence-corrected chi connectivity index (χ1v) is 10.1. The molecule has 1 aromatic carbocycles. The van der Waals surface area contributed by atoms with Crippen LogP contribution >= 0.6 is 0 Å². The SMILES string of the molecule is O=C(c1ccccc1-n1nccn1)N1C[C@H]2CC(Nc3ncc(C(F)(F)F)cc3F)C1C2. The van der Waals surface area contributed by atoms with Gasteiger partial charge in [0.15, 0.2) is 11.6 Å². The van der Waals surface area contributed by atoms with Gasteiger partial charge < -0.3 is 10.2 Å². The highest BCUT2D eigenvalue weighted by Gasteiger charge is 2.47. The maximum absolute atomic E-state index is 14.3. The molecule has 1 saturated carbocycles. The minimum absolute atomic E-state index is 0.197. The highest BCUT2D eigenvalue weighted by Crippen LogP contribution is 2.40. The van der Waals surface area contributed by atoms with Gasteiger partial charge in [-0.15, -0.1) is 0 Å². The van der Waals surface area contributed by atoms with E-state index in [-0.39, 0.29) is 29.7 Å². The van der Waals surface area contributed by atoms with Crippen LogP contribution in [0.3, 0.4) is 0 Å². The molecule has 2 bridgehead atoms. The fourth-order valence-corrected chi connectivity index (χ4v) is 4.61. The standard InChI is InChI=1S/C21H18F4N6O/c22-15-9-13(21(23,24)25)10-26-19(15)29-16-7-12-8-18(16)30(11-12)20(32)14-3-1-2-4-17(14)31-27-5-6-28-31/h1-6,9-10,12,16,18H,7-8,11H2,(H,26,29)/t12-,16?,18?/m0/s1. The molecule has 7 nitrogen and oxygen atoms in total. The molecule has 2 unspecified atom stereocenters. The number of halogens is 4. The summed E-state index contributed by atoms with van der Waals surface area (Å²) in [6.07, 6.45) is 0.385. The first kappa shape index (κ1) is 20.4. The molecule has 166 valence electrons. The number of anilines is 1. The maximum atomic E-state index is 14.3. The van der Waals surface area contributed by atoms with Crippen LogP contribution in [0.1, 0.15) is 28.8 Å². The number of aromatic nitrogens is 4. The predicted octanol–water partition coefficient (Wildman–Crippen LogP) is 3.54. The third kappa shape index (κ3) is 3.57. The number of piperidine rings is 1. The Hall–Kier alpha value is -3.50. The number of amides is 1. The minimum atomic E-state index is -4.67. The Labute approximate surface area is 180 Å². The molecule has 32 heavy (non-hydrogen) atoms. The lowest BCUT2D eigenvalue weighted by molar-refractivity contribution is -0.138. The van der Waals surface area contributed by atoms with Crippen molar-refractivity contribution >= 4 is 11.7 Å². The van der Waals surface area contributed by atoms with Crippen molar-refractivity contribution in [2.45, 2.75) is 31.1 Å². The lowest BCUT2D eigenvalue weighted by Crippen LogP contribution is -2.48. The van der Waals surface area contributed by atoms with E-state index in [1.165, 1.54) is 17.2 Å². The van der Waals surface area contributed by atoms with Gasteiger partial charge in [-0.3, -0.25) is 4.79 Å². The van der Waals surface area contributed by atoms with E-state index in [9.17, 15) is 22.4 Å². The number of pyridine rings is 1. The zero-order chi connectivity index (χ0) is 22.5. The average molecular weight is 446 g/mol. The molecule has 5 rings (SSSR count). The number of fused-ring (bicyclic) bond motifs is 2. The van der Waals surface area contributed by atoms with Crippen molar-refractivity contribution in [1.82, 2.24) is 24.9 Å². The summed E-state index contributed by atoms with van der Waals surface area (Å²) in [6, 6.07) is 6.88. The zero-order valence-electron chi connectivity index (χ0n) is 16.6. The molecule has 2 aliphatic rings. The van der Waals surface area contributed by atoms with Gasteiger partial charge in [-0.1, -0.05) is 12.1 Å². The van der Waals surface area contributed by atoms with Crippen LogP contribution in [0.25, 0.3) is 5.69 Å². The number of benzene rings is 1. The minimum Gasteiger partial charge on any atom is -0.363 e. The monoisotopic (exact) mass is 446 g/mol. The number of alkyl halides is 3. The van der Waals surface area contributed by atoms with Crippen molar-refractivity contribution in [2.75, 3.05) is 11.9 Å². The summed E-state index contributed by atoms with van der Waals surface area (Å²) in [7, 11) is 0. The van der Waals surface area contributed by atoms with Gasteiger partial charge in [-0.25, -0.2) is 9.37 Å². The fraction of sp³-hybridized carbons (Fsp3) is 0.333. The van der Waals surface area contributed by atoms with Crippen LogP contribution < -0.4 is 5.32 Å². The molecular formula is C21H18F4N6O. The summed E-state index contributed by atoms with van der Waals surface area (Å²) < 4.78 is 52.6. The van der Waals surface area contributed by atoms with Gasteiger partial charge in [0.05, 0.1) is 35.2 Å². The second-order valence-electron chi connectivity index (χ2n) is 8.00. The van der Waals surface area contributed by atoms with E-state index < -0.39 is 17.6 Å².